The summed E-state index contributed by atoms with van der Waals surface area (Å²) in [5.41, 5.74) is 1.10. The van der Waals surface area contributed by atoms with Crippen molar-refractivity contribution in [1.29, 1.82) is 0 Å². The average Bonchev–Trinajstić information content (AvgIpc) is 3.19. The third-order valence-corrected chi connectivity index (χ3v) is 6.80. The van der Waals surface area contributed by atoms with Gasteiger partial charge in [-0.15, -0.1) is 0 Å². The molecule has 0 N–H and O–H groups in total. The van der Waals surface area contributed by atoms with Gasteiger partial charge in [-0.2, -0.15) is 4.31 Å². The Hall–Kier alpha value is -1.80. The second kappa shape index (κ2) is 8.48. The number of methoxy groups -OCH3 is 1. The van der Waals surface area contributed by atoms with Crippen LogP contribution in [-0.2, 0) is 14.8 Å². The second-order valence-electron chi connectivity index (χ2n) is 7.31. The minimum absolute atomic E-state index is 0.0236. The van der Waals surface area contributed by atoms with Crippen molar-refractivity contribution in [2.24, 2.45) is 0 Å². The molecule has 1 saturated heterocycles. The molecule has 0 unspecified atom stereocenters. The van der Waals surface area contributed by atoms with E-state index < -0.39 is 10.0 Å². The molecule has 8 heteroatoms. The third-order valence-electron chi connectivity index (χ3n) is 5.52. The maximum absolute atomic E-state index is 12.7. The summed E-state index contributed by atoms with van der Waals surface area (Å²) in [4.78, 5) is 16.7. The molecule has 1 amide bonds. The van der Waals surface area contributed by atoms with Gasteiger partial charge >= 0.3 is 0 Å². The highest BCUT2D eigenvalue weighted by Crippen LogP contribution is 2.26. The number of nitrogens with zero attached hydrogens (tertiary/aromatic N) is 3. The van der Waals surface area contributed by atoms with Gasteiger partial charge in [-0.1, -0.05) is 12.8 Å². The molecular weight excluding hydrogens is 366 g/mol. The normalized spacial score (nSPS) is 18.9. The van der Waals surface area contributed by atoms with E-state index in [9.17, 15) is 13.2 Å². The van der Waals surface area contributed by atoms with E-state index in [1.165, 1.54) is 10.6 Å². The summed E-state index contributed by atoms with van der Waals surface area (Å²) in [6, 6.07) is 7.87. The van der Waals surface area contributed by atoms with Gasteiger partial charge in [0.1, 0.15) is 5.75 Å². The Morgan fingerprint density at radius 3 is 2.22 bits per heavy atom. The van der Waals surface area contributed by atoms with Crippen LogP contribution >= 0.6 is 0 Å². The van der Waals surface area contributed by atoms with Crippen molar-refractivity contribution in [3.63, 3.8) is 0 Å². The Bertz CT molecular complexity index is 737. The smallest absolute Gasteiger partial charge is 0.238 e. The number of rotatable bonds is 6. The van der Waals surface area contributed by atoms with Crippen molar-refractivity contribution in [1.82, 2.24) is 9.21 Å². The second-order valence-corrected chi connectivity index (χ2v) is 9.25. The van der Waals surface area contributed by atoms with Crippen molar-refractivity contribution >= 4 is 21.6 Å². The van der Waals surface area contributed by atoms with Crippen LogP contribution in [0.3, 0.4) is 0 Å². The van der Waals surface area contributed by atoms with Crippen molar-refractivity contribution in [2.45, 2.75) is 31.7 Å². The molecule has 0 aromatic heterocycles. The summed E-state index contributed by atoms with van der Waals surface area (Å²) in [6.07, 6.45) is 4.98. The molecule has 27 heavy (non-hydrogen) atoms. The summed E-state index contributed by atoms with van der Waals surface area (Å²) in [6.45, 7) is 2.65. The summed E-state index contributed by atoms with van der Waals surface area (Å²) < 4.78 is 30.9. The summed E-state index contributed by atoms with van der Waals surface area (Å²) >= 11 is 0. The number of hydrogen-bond acceptors (Lipinski definition) is 5. The molecule has 0 atom stereocenters. The SMILES string of the molecule is COc1ccc(N2CCN(C(=O)CN(C3CCCC3)S(C)(=O)=O)CC2)cc1. The molecule has 1 aliphatic carbocycles. The van der Waals surface area contributed by atoms with Crippen LogP contribution < -0.4 is 9.64 Å². The van der Waals surface area contributed by atoms with Crippen molar-refractivity contribution in [3.8, 4) is 5.75 Å². The monoisotopic (exact) mass is 395 g/mol. The van der Waals surface area contributed by atoms with Gasteiger partial charge in [0.2, 0.25) is 15.9 Å². The number of amides is 1. The molecule has 0 radical (unpaired) electrons. The van der Waals surface area contributed by atoms with Gasteiger partial charge in [0.05, 0.1) is 19.9 Å². The van der Waals surface area contributed by atoms with Crippen LogP contribution in [0.1, 0.15) is 25.7 Å². The van der Waals surface area contributed by atoms with Crippen LogP contribution in [0.4, 0.5) is 5.69 Å². The molecule has 0 spiro atoms. The lowest BCUT2D eigenvalue weighted by molar-refractivity contribution is -0.132. The zero-order valence-corrected chi connectivity index (χ0v) is 17.0. The first-order chi connectivity index (χ1) is 12.9. The molecule has 2 aliphatic rings. The summed E-state index contributed by atoms with van der Waals surface area (Å²) in [7, 11) is -1.74. The van der Waals surface area contributed by atoms with E-state index in [0.29, 0.717) is 13.1 Å². The number of sulfonamides is 1. The fourth-order valence-electron chi connectivity index (χ4n) is 3.95. The quantitative estimate of drug-likeness (QED) is 0.731. The van der Waals surface area contributed by atoms with E-state index in [1.807, 2.05) is 24.3 Å². The lowest BCUT2D eigenvalue weighted by atomic mass is 10.2. The van der Waals surface area contributed by atoms with Crippen LogP contribution in [0.2, 0.25) is 0 Å². The molecular formula is C19H29N3O4S. The van der Waals surface area contributed by atoms with Crippen LogP contribution in [0, 0.1) is 0 Å². The highest BCUT2D eigenvalue weighted by molar-refractivity contribution is 7.88. The van der Waals surface area contributed by atoms with Crippen LogP contribution in [0.15, 0.2) is 24.3 Å². The standard InChI is InChI=1S/C19H29N3O4S/c1-26-18-9-7-16(8-10-18)20-11-13-21(14-12-20)19(23)15-22(27(2,24)25)17-5-3-4-6-17/h7-10,17H,3-6,11-15H2,1-2H3. The predicted molar refractivity (Wildman–Crippen MR) is 106 cm³/mol. The van der Waals surface area contributed by atoms with Crippen LogP contribution in [0.25, 0.3) is 0 Å². The Balaban J connectivity index is 1.57. The average molecular weight is 396 g/mol. The summed E-state index contributed by atoms with van der Waals surface area (Å²) in [5, 5.41) is 0. The zero-order chi connectivity index (χ0) is 19.4. The molecule has 1 aromatic carbocycles. The van der Waals surface area contributed by atoms with E-state index in [1.54, 1.807) is 12.0 Å². The molecule has 3 rings (SSSR count). The fraction of sp³-hybridized carbons (Fsp3) is 0.632. The molecule has 1 aromatic rings. The number of benzene rings is 1. The lowest BCUT2D eigenvalue weighted by Crippen LogP contribution is -2.52. The van der Waals surface area contributed by atoms with Crippen molar-refractivity contribution in [2.75, 3.05) is 51.0 Å². The molecule has 150 valence electrons. The Morgan fingerprint density at radius 2 is 1.70 bits per heavy atom. The Morgan fingerprint density at radius 1 is 1.11 bits per heavy atom. The number of hydrogen-bond donors (Lipinski definition) is 0. The Labute approximate surface area is 161 Å². The molecule has 1 saturated carbocycles. The van der Waals surface area contributed by atoms with E-state index in [0.717, 1.165) is 50.2 Å². The molecule has 1 heterocycles. The third kappa shape index (κ3) is 4.93. The molecule has 2 fully saturated rings. The largest absolute Gasteiger partial charge is 0.497 e. The van der Waals surface area contributed by atoms with Gasteiger partial charge in [-0.25, -0.2) is 8.42 Å². The van der Waals surface area contributed by atoms with Gasteiger partial charge < -0.3 is 14.5 Å². The first-order valence-corrected chi connectivity index (χ1v) is 11.4. The minimum atomic E-state index is -3.38. The maximum Gasteiger partial charge on any atom is 0.238 e. The van der Waals surface area contributed by atoms with Gasteiger partial charge in [0.25, 0.3) is 0 Å². The van der Waals surface area contributed by atoms with Gasteiger partial charge in [0, 0.05) is 37.9 Å². The van der Waals surface area contributed by atoms with Crippen molar-refractivity contribution < 1.29 is 17.9 Å². The first kappa shape index (κ1) is 19.9. The number of carbonyl (C=O) groups excluding carboxylic acids is 1. The van der Waals surface area contributed by atoms with E-state index in [-0.39, 0.29) is 18.5 Å². The van der Waals surface area contributed by atoms with Crippen molar-refractivity contribution in [3.05, 3.63) is 24.3 Å². The molecule has 1 aliphatic heterocycles. The van der Waals surface area contributed by atoms with Crippen LogP contribution in [0.5, 0.6) is 5.75 Å². The number of anilines is 1. The topological polar surface area (TPSA) is 70.2 Å². The van der Waals surface area contributed by atoms with E-state index >= 15 is 0 Å². The van der Waals surface area contributed by atoms with Gasteiger partial charge in [-0.05, 0) is 37.1 Å². The maximum atomic E-state index is 12.7. The number of ether oxygens (including phenoxy) is 1. The number of piperazine rings is 1. The summed E-state index contributed by atoms with van der Waals surface area (Å²) in [5.74, 6) is 0.724. The fourth-order valence-corrected chi connectivity index (χ4v) is 5.05. The molecule has 0 bridgehead atoms. The molecule has 7 nitrogen and oxygen atoms in total. The van der Waals surface area contributed by atoms with E-state index in [2.05, 4.69) is 4.90 Å². The number of carbonyl (C=O) groups is 1. The van der Waals surface area contributed by atoms with Gasteiger partial charge in [-0.3, -0.25) is 4.79 Å². The first-order valence-electron chi connectivity index (χ1n) is 9.52. The van der Waals surface area contributed by atoms with E-state index in [4.69, 9.17) is 4.74 Å². The zero-order valence-electron chi connectivity index (χ0n) is 16.1. The predicted octanol–water partition coefficient (Wildman–Crippen LogP) is 1.55. The Kier molecular flexibility index (Phi) is 6.26. The highest BCUT2D eigenvalue weighted by Gasteiger charge is 2.32. The van der Waals surface area contributed by atoms with Crippen LogP contribution in [-0.4, -0.2) is 75.7 Å². The highest BCUT2D eigenvalue weighted by atomic mass is 32.2. The minimum Gasteiger partial charge on any atom is -0.497 e. The van der Waals surface area contributed by atoms with Gasteiger partial charge in [0.15, 0.2) is 0 Å². The lowest BCUT2D eigenvalue weighted by Gasteiger charge is -2.37.